The summed E-state index contributed by atoms with van der Waals surface area (Å²) in [6.07, 6.45) is 1.87. The second kappa shape index (κ2) is 11.4. The number of rotatable bonds is 9. The van der Waals surface area contributed by atoms with Gasteiger partial charge in [0.15, 0.2) is 0 Å². The minimum absolute atomic E-state index is 0.0171. The van der Waals surface area contributed by atoms with Crippen molar-refractivity contribution >= 4 is 45.0 Å². The molecule has 0 saturated carbocycles. The maximum atomic E-state index is 13.9. The molecule has 35 heavy (non-hydrogen) atoms. The van der Waals surface area contributed by atoms with Gasteiger partial charge in [-0.15, -0.1) is 11.8 Å². The molecular weight excluding hydrogens is 491 g/mol. The van der Waals surface area contributed by atoms with Gasteiger partial charge in [-0.2, -0.15) is 0 Å². The van der Waals surface area contributed by atoms with E-state index in [4.69, 9.17) is 4.74 Å². The number of aryl methyl sites for hydroxylation is 1. The van der Waals surface area contributed by atoms with E-state index in [1.54, 1.807) is 38.1 Å². The highest BCUT2D eigenvalue weighted by Crippen LogP contribution is 2.26. The number of amides is 1. The van der Waals surface area contributed by atoms with Crippen LogP contribution < -0.4 is 9.62 Å². The maximum absolute atomic E-state index is 13.9. The molecule has 3 aromatic carbocycles. The lowest BCUT2D eigenvalue weighted by Gasteiger charge is -2.24. The third kappa shape index (κ3) is 6.40. The van der Waals surface area contributed by atoms with E-state index >= 15 is 0 Å². The molecule has 0 atom stereocenters. The van der Waals surface area contributed by atoms with Crippen molar-refractivity contribution in [2.45, 2.75) is 23.6 Å². The number of anilines is 2. The molecule has 184 valence electrons. The first-order chi connectivity index (χ1) is 16.6. The Labute approximate surface area is 208 Å². The van der Waals surface area contributed by atoms with Crippen LogP contribution in [0.5, 0.6) is 0 Å². The number of hydrogen-bond donors (Lipinski definition) is 1. The average Bonchev–Trinajstić information content (AvgIpc) is 2.84. The molecule has 0 aliphatic rings. The second-order valence-electron chi connectivity index (χ2n) is 7.47. The molecule has 0 unspecified atom stereocenters. The summed E-state index contributed by atoms with van der Waals surface area (Å²) >= 11 is 1.46. The topological polar surface area (TPSA) is 92.8 Å². The van der Waals surface area contributed by atoms with E-state index < -0.39 is 34.3 Å². The van der Waals surface area contributed by atoms with Crippen LogP contribution in [-0.4, -0.2) is 39.7 Å². The first-order valence-electron chi connectivity index (χ1n) is 10.7. The molecule has 0 radical (unpaired) electrons. The fourth-order valence-corrected chi connectivity index (χ4v) is 5.11. The van der Waals surface area contributed by atoms with Crippen molar-refractivity contribution in [2.75, 3.05) is 29.0 Å². The first kappa shape index (κ1) is 26.2. The lowest BCUT2D eigenvalue weighted by Crippen LogP contribution is -2.38. The molecular formula is C25H25FN2O5S2. The van der Waals surface area contributed by atoms with Gasteiger partial charge in [0.2, 0.25) is 5.91 Å². The number of sulfonamides is 1. The van der Waals surface area contributed by atoms with Gasteiger partial charge in [-0.05, 0) is 86.3 Å². The maximum Gasteiger partial charge on any atom is 0.338 e. The fourth-order valence-electron chi connectivity index (χ4n) is 3.29. The minimum Gasteiger partial charge on any atom is -0.462 e. The highest BCUT2D eigenvalue weighted by molar-refractivity contribution is 7.98. The molecule has 0 fully saturated rings. The predicted octanol–water partition coefficient (Wildman–Crippen LogP) is 4.87. The Hall–Kier alpha value is -3.37. The van der Waals surface area contributed by atoms with Crippen LogP contribution in [0.2, 0.25) is 0 Å². The van der Waals surface area contributed by atoms with E-state index in [9.17, 15) is 22.4 Å². The second-order valence-corrected chi connectivity index (χ2v) is 10.2. The fraction of sp³-hybridized carbons (Fsp3) is 0.200. The Morgan fingerprint density at radius 3 is 2.37 bits per heavy atom. The van der Waals surface area contributed by atoms with Gasteiger partial charge >= 0.3 is 5.97 Å². The van der Waals surface area contributed by atoms with Gasteiger partial charge in [0.1, 0.15) is 12.4 Å². The van der Waals surface area contributed by atoms with Crippen molar-refractivity contribution in [3.8, 4) is 0 Å². The van der Waals surface area contributed by atoms with Gasteiger partial charge in [-0.25, -0.2) is 17.6 Å². The van der Waals surface area contributed by atoms with Crippen LogP contribution in [0.25, 0.3) is 0 Å². The number of hydrogen-bond acceptors (Lipinski definition) is 6. The van der Waals surface area contributed by atoms with E-state index in [1.807, 2.05) is 6.26 Å². The highest BCUT2D eigenvalue weighted by atomic mass is 32.2. The van der Waals surface area contributed by atoms with Gasteiger partial charge in [-0.3, -0.25) is 9.10 Å². The van der Waals surface area contributed by atoms with Crippen molar-refractivity contribution in [1.82, 2.24) is 0 Å². The molecule has 0 heterocycles. The van der Waals surface area contributed by atoms with Crippen LogP contribution in [-0.2, 0) is 19.6 Å². The number of carbonyl (C=O) groups excluding carboxylic acids is 2. The number of esters is 1. The molecule has 0 spiro atoms. The van der Waals surface area contributed by atoms with Crippen molar-refractivity contribution in [2.24, 2.45) is 0 Å². The molecule has 7 nitrogen and oxygen atoms in total. The number of ether oxygens (including phenoxy) is 1. The van der Waals surface area contributed by atoms with E-state index in [0.29, 0.717) is 16.8 Å². The third-order valence-electron chi connectivity index (χ3n) is 5.04. The summed E-state index contributed by atoms with van der Waals surface area (Å²) in [5.41, 5.74) is 1.35. The number of benzene rings is 3. The highest BCUT2D eigenvalue weighted by Gasteiger charge is 2.28. The Bertz CT molecular complexity index is 1330. The lowest BCUT2D eigenvalue weighted by molar-refractivity contribution is -0.114. The average molecular weight is 517 g/mol. The van der Waals surface area contributed by atoms with Crippen LogP contribution in [0.3, 0.4) is 0 Å². The van der Waals surface area contributed by atoms with Crippen LogP contribution in [0.1, 0.15) is 22.8 Å². The Morgan fingerprint density at radius 1 is 1.06 bits per heavy atom. The van der Waals surface area contributed by atoms with Crippen LogP contribution in [0.4, 0.5) is 15.8 Å². The summed E-state index contributed by atoms with van der Waals surface area (Å²) in [7, 11) is -4.18. The number of nitrogens with zero attached hydrogens (tertiary/aromatic N) is 1. The lowest BCUT2D eigenvalue weighted by atomic mass is 10.1. The summed E-state index contributed by atoms with van der Waals surface area (Å²) in [6, 6.07) is 15.9. The minimum atomic E-state index is -4.18. The zero-order valence-corrected chi connectivity index (χ0v) is 21.1. The summed E-state index contributed by atoms with van der Waals surface area (Å²) in [5.74, 6) is -1.75. The molecule has 3 aromatic rings. The van der Waals surface area contributed by atoms with E-state index in [2.05, 4.69) is 5.32 Å². The smallest absolute Gasteiger partial charge is 0.338 e. The van der Waals surface area contributed by atoms with Crippen molar-refractivity contribution < 1.29 is 27.1 Å². The summed E-state index contributed by atoms with van der Waals surface area (Å²) < 4.78 is 46.7. The monoisotopic (exact) mass is 516 g/mol. The Morgan fingerprint density at radius 2 is 1.77 bits per heavy atom. The van der Waals surface area contributed by atoms with Crippen LogP contribution >= 0.6 is 11.8 Å². The number of thioether (sulfide) groups is 1. The third-order valence-corrected chi connectivity index (χ3v) is 7.57. The van der Waals surface area contributed by atoms with Crippen molar-refractivity contribution in [3.63, 3.8) is 0 Å². The number of nitrogens with one attached hydrogen (secondary N) is 1. The zero-order valence-electron chi connectivity index (χ0n) is 19.4. The zero-order chi connectivity index (χ0) is 25.6. The Balaban J connectivity index is 1.89. The Kier molecular flexibility index (Phi) is 8.52. The van der Waals surface area contributed by atoms with Crippen LogP contribution in [0, 0.1) is 12.7 Å². The molecule has 1 N–H and O–H groups in total. The molecule has 0 saturated heterocycles. The van der Waals surface area contributed by atoms with Gasteiger partial charge in [0, 0.05) is 10.6 Å². The molecule has 0 aliphatic carbocycles. The van der Waals surface area contributed by atoms with Crippen molar-refractivity contribution in [1.29, 1.82) is 0 Å². The molecule has 0 aliphatic heterocycles. The molecule has 0 aromatic heterocycles. The van der Waals surface area contributed by atoms with Crippen LogP contribution in [0.15, 0.2) is 76.5 Å². The predicted molar refractivity (Wildman–Crippen MR) is 135 cm³/mol. The first-order valence-corrected chi connectivity index (χ1v) is 13.3. The quantitative estimate of drug-likeness (QED) is 0.322. The van der Waals surface area contributed by atoms with E-state index in [1.165, 1.54) is 48.2 Å². The SMILES string of the molecule is CCOC(=O)c1ccc(NC(=O)CN(c2cccc(F)c2)S(=O)(=O)c2ccc(SC)cc2)c(C)c1. The van der Waals surface area contributed by atoms with Gasteiger partial charge < -0.3 is 10.1 Å². The van der Waals surface area contributed by atoms with Gasteiger partial charge in [0.25, 0.3) is 10.0 Å². The normalized spacial score (nSPS) is 11.1. The molecule has 3 rings (SSSR count). The van der Waals surface area contributed by atoms with E-state index in [0.717, 1.165) is 15.3 Å². The standard InChI is InChI=1S/C25H25FN2O5S2/c1-4-33-25(30)18-8-13-23(17(2)14-18)27-24(29)16-28(20-7-5-6-19(26)15-20)35(31,32)22-11-9-21(34-3)10-12-22/h5-15H,4,16H2,1-3H3,(H,27,29). The van der Waals surface area contributed by atoms with E-state index in [-0.39, 0.29) is 17.2 Å². The summed E-state index contributed by atoms with van der Waals surface area (Å²) in [5, 5.41) is 2.67. The molecule has 1 amide bonds. The number of halogens is 1. The van der Waals surface area contributed by atoms with Crippen molar-refractivity contribution in [3.05, 3.63) is 83.7 Å². The molecule has 10 heteroatoms. The molecule has 0 bridgehead atoms. The van der Waals surface area contributed by atoms with Gasteiger partial charge in [-0.1, -0.05) is 6.07 Å². The largest absolute Gasteiger partial charge is 0.462 e. The summed E-state index contributed by atoms with van der Waals surface area (Å²) in [6.45, 7) is 3.05. The summed E-state index contributed by atoms with van der Waals surface area (Å²) in [4.78, 5) is 25.7. The van der Waals surface area contributed by atoms with Gasteiger partial charge in [0.05, 0.1) is 22.8 Å². The number of carbonyl (C=O) groups is 2.